The SMILES string of the molecule is CCC(O)(CC)CN(C)CC1CCCCO1. The van der Waals surface area contributed by atoms with Gasteiger partial charge in [0.25, 0.3) is 0 Å². The Morgan fingerprint density at radius 1 is 1.31 bits per heavy atom. The molecule has 0 aromatic carbocycles. The standard InChI is InChI=1S/C13H27NO2/c1-4-13(15,5-2)11-14(3)10-12-8-6-7-9-16-12/h12,15H,4-11H2,1-3H3. The minimum atomic E-state index is -0.524. The van der Waals surface area contributed by atoms with Gasteiger partial charge in [0.15, 0.2) is 0 Å². The molecule has 0 amide bonds. The number of hydrogen-bond donors (Lipinski definition) is 1. The topological polar surface area (TPSA) is 32.7 Å². The summed E-state index contributed by atoms with van der Waals surface area (Å²) in [4.78, 5) is 2.21. The van der Waals surface area contributed by atoms with Gasteiger partial charge < -0.3 is 14.7 Å². The van der Waals surface area contributed by atoms with Gasteiger partial charge in [-0.25, -0.2) is 0 Å². The van der Waals surface area contributed by atoms with Crippen molar-refractivity contribution in [3.8, 4) is 0 Å². The van der Waals surface area contributed by atoms with E-state index in [2.05, 4.69) is 25.8 Å². The van der Waals surface area contributed by atoms with E-state index in [1.807, 2.05) is 0 Å². The average molecular weight is 229 g/mol. The molecule has 0 saturated carbocycles. The monoisotopic (exact) mass is 229 g/mol. The molecule has 1 atom stereocenters. The van der Waals surface area contributed by atoms with Crippen LogP contribution in [-0.2, 0) is 4.74 Å². The van der Waals surface area contributed by atoms with Gasteiger partial charge in [0.1, 0.15) is 0 Å². The Hall–Kier alpha value is -0.120. The van der Waals surface area contributed by atoms with Gasteiger partial charge in [0, 0.05) is 19.7 Å². The summed E-state index contributed by atoms with van der Waals surface area (Å²) in [6.45, 7) is 6.70. The van der Waals surface area contributed by atoms with Crippen LogP contribution in [0, 0.1) is 0 Å². The third kappa shape index (κ3) is 4.40. The second-order valence-electron chi connectivity index (χ2n) is 5.12. The first kappa shape index (κ1) is 13.9. The number of aliphatic hydroxyl groups is 1. The van der Waals surface area contributed by atoms with E-state index < -0.39 is 5.60 Å². The zero-order valence-electron chi connectivity index (χ0n) is 11.0. The first-order valence-electron chi connectivity index (χ1n) is 6.62. The van der Waals surface area contributed by atoms with Crippen molar-refractivity contribution in [2.24, 2.45) is 0 Å². The van der Waals surface area contributed by atoms with Crippen LogP contribution in [0.4, 0.5) is 0 Å². The van der Waals surface area contributed by atoms with Crippen molar-refractivity contribution in [2.75, 3.05) is 26.7 Å². The van der Waals surface area contributed by atoms with Gasteiger partial charge >= 0.3 is 0 Å². The van der Waals surface area contributed by atoms with E-state index in [-0.39, 0.29) is 0 Å². The van der Waals surface area contributed by atoms with Crippen molar-refractivity contribution < 1.29 is 9.84 Å². The van der Waals surface area contributed by atoms with Crippen LogP contribution in [-0.4, -0.2) is 48.5 Å². The fourth-order valence-corrected chi connectivity index (χ4v) is 2.34. The third-order valence-corrected chi connectivity index (χ3v) is 3.67. The molecule has 0 aliphatic carbocycles. The molecule has 0 radical (unpaired) electrons. The Labute approximate surface area is 99.8 Å². The quantitative estimate of drug-likeness (QED) is 0.756. The number of nitrogens with zero attached hydrogens (tertiary/aromatic N) is 1. The Bertz CT molecular complexity index is 186. The fourth-order valence-electron chi connectivity index (χ4n) is 2.34. The lowest BCUT2D eigenvalue weighted by Gasteiger charge is -2.33. The average Bonchev–Trinajstić information content (AvgIpc) is 2.30. The van der Waals surface area contributed by atoms with Gasteiger partial charge in [-0.3, -0.25) is 0 Å². The molecular weight excluding hydrogens is 202 g/mol. The van der Waals surface area contributed by atoms with E-state index in [1.54, 1.807) is 0 Å². The minimum Gasteiger partial charge on any atom is -0.389 e. The van der Waals surface area contributed by atoms with Crippen LogP contribution in [0.5, 0.6) is 0 Å². The molecule has 1 saturated heterocycles. The summed E-state index contributed by atoms with van der Waals surface area (Å²) >= 11 is 0. The van der Waals surface area contributed by atoms with E-state index in [9.17, 15) is 5.11 Å². The number of ether oxygens (including phenoxy) is 1. The molecule has 0 aromatic rings. The van der Waals surface area contributed by atoms with Crippen molar-refractivity contribution in [2.45, 2.75) is 57.7 Å². The van der Waals surface area contributed by atoms with Crippen molar-refractivity contribution in [3.05, 3.63) is 0 Å². The van der Waals surface area contributed by atoms with Gasteiger partial charge in [0.05, 0.1) is 11.7 Å². The third-order valence-electron chi connectivity index (χ3n) is 3.67. The molecule has 1 unspecified atom stereocenters. The van der Waals surface area contributed by atoms with Crippen LogP contribution in [0.25, 0.3) is 0 Å². The molecule has 3 heteroatoms. The lowest BCUT2D eigenvalue weighted by atomic mass is 9.96. The van der Waals surface area contributed by atoms with Crippen molar-refractivity contribution in [1.29, 1.82) is 0 Å². The first-order chi connectivity index (χ1) is 7.59. The summed E-state index contributed by atoms with van der Waals surface area (Å²) in [6, 6.07) is 0. The summed E-state index contributed by atoms with van der Waals surface area (Å²) in [5, 5.41) is 10.2. The maximum Gasteiger partial charge on any atom is 0.0768 e. The number of rotatable bonds is 6. The highest BCUT2D eigenvalue weighted by atomic mass is 16.5. The van der Waals surface area contributed by atoms with Gasteiger partial charge in [0.2, 0.25) is 0 Å². The molecule has 1 N–H and O–H groups in total. The molecule has 1 fully saturated rings. The highest BCUT2D eigenvalue weighted by Gasteiger charge is 2.25. The van der Waals surface area contributed by atoms with E-state index in [4.69, 9.17) is 4.74 Å². The fraction of sp³-hybridized carbons (Fsp3) is 1.00. The maximum atomic E-state index is 10.2. The molecule has 1 aliphatic rings. The Balaban J connectivity index is 2.30. The first-order valence-corrected chi connectivity index (χ1v) is 6.62. The molecule has 0 aromatic heterocycles. The summed E-state index contributed by atoms with van der Waals surface area (Å²) in [5.41, 5.74) is -0.524. The van der Waals surface area contributed by atoms with Crippen LogP contribution in [0.15, 0.2) is 0 Å². The highest BCUT2D eigenvalue weighted by Crippen LogP contribution is 2.18. The summed E-state index contributed by atoms with van der Waals surface area (Å²) in [7, 11) is 2.08. The van der Waals surface area contributed by atoms with Crippen molar-refractivity contribution in [1.82, 2.24) is 4.90 Å². The van der Waals surface area contributed by atoms with E-state index in [0.29, 0.717) is 6.10 Å². The zero-order chi connectivity index (χ0) is 12.0. The second-order valence-corrected chi connectivity index (χ2v) is 5.12. The normalized spacial score (nSPS) is 22.7. The zero-order valence-corrected chi connectivity index (χ0v) is 11.0. The highest BCUT2D eigenvalue weighted by molar-refractivity contribution is 4.80. The van der Waals surface area contributed by atoms with E-state index in [1.165, 1.54) is 19.3 Å². The second kappa shape index (κ2) is 6.58. The Kier molecular flexibility index (Phi) is 5.73. The molecule has 0 bridgehead atoms. The Morgan fingerprint density at radius 3 is 2.50 bits per heavy atom. The van der Waals surface area contributed by atoms with E-state index in [0.717, 1.165) is 32.5 Å². The van der Waals surface area contributed by atoms with Gasteiger partial charge in [-0.05, 0) is 39.2 Å². The van der Waals surface area contributed by atoms with Crippen LogP contribution >= 0.6 is 0 Å². The van der Waals surface area contributed by atoms with Gasteiger partial charge in [-0.15, -0.1) is 0 Å². The summed E-state index contributed by atoms with van der Waals surface area (Å²) in [6.07, 6.45) is 5.66. The van der Waals surface area contributed by atoms with Crippen LogP contribution in [0.3, 0.4) is 0 Å². The van der Waals surface area contributed by atoms with E-state index >= 15 is 0 Å². The van der Waals surface area contributed by atoms with Crippen molar-refractivity contribution in [3.63, 3.8) is 0 Å². The largest absolute Gasteiger partial charge is 0.389 e. The minimum absolute atomic E-state index is 0.372. The molecule has 0 spiro atoms. The van der Waals surface area contributed by atoms with Crippen LogP contribution in [0.2, 0.25) is 0 Å². The lowest BCUT2D eigenvalue weighted by Crippen LogP contribution is -2.44. The van der Waals surface area contributed by atoms with Gasteiger partial charge in [-0.2, -0.15) is 0 Å². The predicted molar refractivity (Wildman–Crippen MR) is 66.6 cm³/mol. The number of hydrogen-bond acceptors (Lipinski definition) is 3. The molecule has 16 heavy (non-hydrogen) atoms. The van der Waals surface area contributed by atoms with Crippen LogP contribution < -0.4 is 0 Å². The lowest BCUT2D eigenvalue weighted by molar-refractivity contribution is -0.0322. The van der Waals surface area contributed by atoms with Crippen LogP contribution in [0.1, 0.15) is 46.0 Å². The summed E-state index contributed by atoms with van der Waals surface area (Å²) in [5.74, 6) is 0. The molecule has 1 rings (SSSR count). The summed E-state index contributed by atoms with van der Waals surface area (Å²) < 4.78 is 5.71. The molecule has 96 valence electrons. The van der Waals surface area contributed by atoms with Crippen molar-refractivity contribution >= 4 is 0 Å². The molecule has 3 nitrogen and oxygen atoms in total. The Morgan fingerprint density at radius 2 is 2.00 bits per heavy atom. The predicted octanol–water partition coefficient (Wildman–Crippen LogP) is 2.04. The van der Waals surface area contributed by atoms with Gasteiger partial charge in [-0.1, -0.05) is 13.8 Å². The maximum absolute atomic E-state index is 10.2. The molecule has 1 aliphatic heterocycles. The number of likely N-dealkylation sites (N-methyl/N-ethyl adjacent to an activating group) is 1. The molecule has 1 heterocycles. The smallest absolute Gasteiger partial charge is 0.0768 e. The molecular formula is C13H27NO2.